The molecular formula is C26H34FN3O6S2. The molecule has 2 aliphatic rings. The van der Waals surface area contributed by atoms with E-state index in [1.54, 1.807) is 19.9 Å². The third-order valence-electron chi connectivity index (χ3n) is 6.16. The van der Waals surface area contributed by atoms with Gasteiger partial charge < -0.3 is 25.8 Å². The topological polar surface area (TPSA) is 134 Å². The van der Waals surface area contributed by atoms with E-state index >= 15 is 0 Å². The molecule has 1 aromatic rings. The number of esters is 1. The van der Waals surface area contributed by atoms with Crippen LogP contribution in [-0.2, 0) is 30.3 Å². The van der Waals surface area contributed by atoms with Crippen molar-refractivity contribution in [3.05, 3.63) is 47.8 Å². The van der Waals surface area contributed by atoms with Crippen LogP contribution in [0.5, 0.6) is 0 Å². The Hall–Kier alpha value is -2.57. The zero-order valence-electron chi connectivity index (χ0n) is 21.4. The van der Waals surface area contributed by atoms with Crippen LogP contribution in [0.15, 0.2) is 36.4 Å². The minimum Gasteiger partial charge on any atom is -0.457 e. The van der Waals surface area contributed by atoms with E-state index in [-0.39, 0.29) is 30.9 Å². The molecule has 0 aliphatic carbocycles. The zero-order chi connectivity index (χ0) is 27.7. The molecule has 1 saturated heterocycles. The highest BCUT2D eigenvalue weighted by atomic mass is 33.1. The average Bonchev–Trinajstić information content (AvgIpc) is 2.85. The van der Waals surface area contributed by atoms with E-state index in [0.717, 1.165) is 0 Å². The molecule has 0 spiro atoms. The standard InChI is InChI=1S/C26H34FN3O6S2/c1-15(2)24-21(31)13-23(33)36-18-5-3-4-10-37-38-14-20(26(35)30-24)29-25(34)19(28-22(32)12-18)11-16-6-8-17(27)9-7-16/h3,5-9,15,18-21,24,31H,4,10-14H2,1-2H3,(H,28,32)(H,29,34)(H,30,35)/b5-3+/t18-,19-,20-,21+,24-/m1/s1. The van der Waals surface area contributed by atoms with Gasteiger partial charge in [-0.3, -0.25) is 19.2 Å². The van der Waals surface area contributed by atoms with Crippen LogP contribution >= 0.6 is 21.6 Å². The van der Waals surface area contributed by atoms with Gasteiger partial charge in [-0.25, -0.2) is 4.39 Å². The van der Waals surface area contributed by atoms with Gasteiger partial charge in [0.25, 0.3) is 0 Å². The maximum Gasteiger partial charge on any atom is 0.309 e. The van der Waals surface area contributed by atoms with Gasteiger partial charge in [0.1, 0.15) is 24.0 Å². The Morgan fingerprint density at radius 2 is 1.76 bits per heavy atom. The predicted molar refractivity (Wildman–Crippen MR) is 145 cm³/mol. The van der Waals surface area contributed by atoms with E-state index < -0.39 is 59.8 Å². The van der Waals surface area contributed by atoms with Crippen molar-refractivity contribution >= 4 is 45.3 Å². The lowest BCUT2D eigenvalue weighted by atomic mass is 9.96. The summed E-state index contributed by atoms with van der Waals surface area (Å²) < 4.78 is 18.9. The number of ether oxygens (including phenoxy) is 1. The molecule has 208 valence electrons. The molecule has 2 bridgehead atoms. The summed E-state index contributed by atoms with van der Waals surface area (Å²) in [5, 5.41) is 19.0. The number of fused-ring (bicyclic) bond motifs is 7. The lowest BCUT2D eigenvalue weighted by molar-refractivity contribution is -0.151. The Morgan fingerprint density at radius 3 is 2.47 bits per heavy atom. The molecule has 5 atom stereocenters. The normalized spacial score (nSPS) is 29.1. The van der Waals surface area contributed by atoms with Crippen LogP contribution in [-0.4, -0.2) is 70.6 Å². The first kappa shape index (κ1) is 30.0. The Kier molecular flexibility index (Phi) is 11.5. The van der Waals surface area contributed by atoms with Gasteiger partial charge in [0.2, 0.25) is 17.7 Å². The Morgan fingerprint density at radius 1 is 1.03 bits per heavy atom. The minimum atomic E-state index is -1.23. The molecule has 1 fully saturated rings. The number of aliphatic hydroxyl groups is 1. The predicted octanol–water partition coefficient (Wildman–Crippen LogP) is 1.89. The van der Waals surface area contributed by atoms with E-state index in [1.165, 1.54) is 45.9 Å². The van der Waals surface area contributed by atoms with Crippen LogP contribution in [0.4, 0.5) is 4.39 Å². The number of amides is 3. The molecule has 3 rings (SSSR count). The number of carbonyl (C=O) groups excluding carboxylic acids is 4. The third kappa shape index (κ3) is 9.32. The summed E-state index contributed by atoms with van der Waals surface area (Å²) in [5.41, 5.74) is 0.611. The van der Waals surface area contributed by atoms with Gasteiger partial charge in [-0.05, 0) is 36.1 Å². The van der Waals surface area contributed by atoms with Gasteiger partial charge in [-0.2, -0.15) is 0 Å². The number of benzene rings is 1. The number of hydrogen-bond acceptors (Lipinski definition) is 8. The monoisotopic (exact) mass is 567 g/mol. The zero-order valence-corrected chi connectivity index (χ0v) is 23.0. The van der Waals surface area contributed by atoms with Gasteiger partial charge in [-0.1, -0.05) is 53.6 Å². The molecule has 3 amide bonds. The SMILES string of the molecule is CC(C)[C@H]1NC(=O)[C@H]2CSSCC/C=C/[C@H](CC(=O)N[C@H](Cc3ccc(F)cc3)C(=O)N2)OC(=O)C[C@@H]1O. The molecule has 9 nitrogen and oxygen atoms in total. The second kappa shape index (κ2) is 14.5. The number of hydrogen-bond donors (Lipinski definition) is 4. The molecule has 0 saturated carbocycles. The van der Waals surface area contributed by atoms with Crippen molar-refractivity contribution in [1.29, 1.82) is 0 Å². The Balaban J connectivity index is 1.99. The molecule has 12 heteroatoms. The highest BCUT2D eigenvalue weighted by Crippen LogP contribution is 2.24. The molecular weight excluding hydrogens is 533 g/mol. The number of halogens is 1. The molecule has 0 aromatic heterocycles. The van der Waals surface area contributed by atoms with Crippen molar-refractivity contribution in [2.24, 2.45) is 5.92 Å². The number of nitrogens with one attached hydrogen (secondary N) is 3. The summed E-state index contributed by atoms with van der Waals surface area (Å²) in [6.45, 7) is 3.61. The molecule has 2 heterocycles. The van der Waals surface area contributed by atoms with Crippen LogP contribution in [0.2, 0.25) is 0 Å². The van der Waals surface area contributed by atoms with Crippen LogP contribution in [0.25, 0.3) is 0 Å². The summed E-state index contributed by atoms with van der Waals surface area (Å²) >= 11 is 0. The average molecular weight is 568 g/mol. The highest BCUT2D eigenvalue weighted by molar-refractivity contribution is 8.76. The number of rotatable bonds is 3. The van der Waals surface area contributed by atoms with Crippen molar-refractivity contribution in [2.45, 2.75) is 69.9 Å². The number of carbonyl (C=O) groups is 4. The highest BCUT2D eigenvalue weighted by Gasteiger charge is 2.33. The second-order valence-electron chi connectivity index (χ2n) is 9.62. The first-order chi connectivity index (χ1) is 18.1. The Labute approximate surface area is 229 Å². The fraction of sp³-hybridized carbons (Fsp3) is 0.538. The fourth-order valence-electron chi connectivity index (χ4n) is 4.13. The van der Waals surface area contributed by atoms with Crippen molar-refractivity contribution in [3.8, 4) is 0 Å². The van der Waals surface area contributed by atoms with Gasteiger partial charge in [0, 0.05) is 17.9 Å². The smallest absolute Gasteiger partial charge is 0.309 e. The lowest BCUT2D eigenvalue weighted by Crippen LogP contribution is -2.58. The Bertz CT molecular complexity index is 1020. The third-order valence-corrected chi connectivity index (χ3v) is 8.61. The summed E-state index contributed by atoms with van der Waals surface area (Å²) in [5.74, 6) is -2.04. The van der Waals surface area contributed by atoms with Crippen molar-refractivity contribution < 1.29 is 33.4 Å². The van der Waals surface area contributed by atoms with Crippen molar-refractivity contribution in [3.63, 3.8) is 0 Å². The molecule has 1 aromatic carbocycles. The van der Waals surface area contributed by atoms with Crippen LogP contribution in [0.1, 0.15) is 38.7 Å². The van der Waals surface area contributed by atoms with Gasteiger partial charge in [0.05, 0.1) is 25.0 Å². The van der Waals surface area contributed by atoms with Gasteiger partial charge in [0.15, 0.2) is 0 Å². The van der Waals surface area contributed by atoms with Crippen LogP contribution in [0, 0.1) is 11.7 Å². The minimum absolute atomic E-state index is 0.0573. The van der Waals surface area contributed by atoms with E-state index in [1.807, 2.05) is 6.08 Å². The van der Waals surface area contributed by atoms with Crippen LogP contribution in [0.3, 0.4) is 0 Å². The fourth-order valence-corrected chi connectivity index (χ4v) is 6.29. The molecule has 38 heavy (non-hydrogen) atoms. The van der Waals surface area contributed by atoms with Crippen molar-refractivity contribution in [1.82, 2.24) is 16.0 Å². The number of aliphatic hydroxyl groups excluding tert-OH is 1. The summed E-state index contributed by atoms with van der Waals surface area (Å²) in [6.07, 6.45) is 1.42. The maximum atomic E-state index is 13.4. The molecule has 4 N–H and O–H groups in total. The quantitative estimate of drug-likeness (QED) is 0.247. The number of allylic oxidation sites excluding steroid dienone is 1. The lowest BCUT2D eigenvalue weighted by Gasteiger charge is -2.29. The largest absolute Gasteiger partial charge is 0.457 e. The van der Waals surface area contributed by atoms with Gasteiger partial charge in [-0.15, -0.1) is 0 Å². The molecule has 0 radical (unpaired) electrons. The first-order valence-electron chi connectivity index (χ1n) is 12.6. The maximum absolute atomic E-state index is 13.4. The molecule has 0 unspecified atom stereocenters. The van der Waals surface area contributed by atoms with Crippen molar-refractivity contribution in [2.75, 3.05) is 11.5 Å². The second-order valence-corrected chi connectivity index (χ2v) is 12.2. The van der Waals surface area contributed by atoms with E-state index in [2.05, 4.69) is 16.0 Å². The van der Waals surface area contributed by atoms with E-state index in [9.17, 15) is 28.7 Å². The van der Waals surface area contributed by atoms with Crippen LogP contribution < -0.4 is 16.0 Å². The van der Waals surface area contributed by atoms with E-state index in [4.69, 9.17) is 4.74 Å². The molecule has 2 aliphatic heterocycles. The summed E-state index contributed by atoms with van der Waals surface area (Å²) in [6, 6.07) is 2.76. The first-order valence-corrected chi connectivity index (χ1v) is 15.0. The summed E-state index contributed by atoms with van der Waals surface area (Å²) in [7, 11) is 2.95. The van der Waals surface area contributed by atoms with E-state index in [0.29, 0.717) is 17.7 Å². The van der Waals surface area contributed by atoms with Gasteiger partial charge >= 0.3 is 5.97 Å². The summed E-state index contributed by atoms with van der Waals surface area (Å²) in [4.78, 5) is 52.4.